The first-order valence-electron chi connectivity index (χ1n) is 10.0. The van der Waals surface area contributed by atoms with E-state index >= 15 is 0 Å². The van der Waals surface area contributed by atoms with Crippen molar-refractivity contribution in [2.45, 2.75) is 25.8 Å². The third-order valence-corrected chi connectivity index (χ3v) is 4.94. The zero-order valence-corrected chi connectivity index (χ0v) is 17.5. The number of carbonyl (C=O) groups is 5. The number of hydrogen-bond donors (Lipinski definition) is 1. The maximum atomic E-state index is 12.6. The number of likely N-dealkylation sites (tertiary alicyclic amines) is 1. The number of hydrogen-bond acceptors (Lipinski definition) is 7. The molecule has 1 aromatic carbocycles. The van der Waals surface area contributed by atoms with E-state index in [-0.39, 0.29) is 49.7 Å². The molecule has 10 nitrogen and oxygen atoms in total. The minimum Gasteiger partial charge on any atom is -0.467 e. The van der Waals surface area contributed by atoms with Crippen LogP contribution in [0.1, 0.15) is 35.4 Å². The number of rotatable bonds is 9. The summed E-state index contributed by atoms with van der Waals surface area (Å²) in [6.45, 7) is -0.420. The lowest BCUT2D eigenvalue weighted by Crippen LogP contribution is -2.34. The first kappa shape index (κ1) is 22.7. The van der Waals surface area contributed by atoms with Gasteiger partial charge in [0.05, 0.1) is 30.5 Å². The van der Waals surface area contributed by atoms with Gasteiger partial charge in [0.1, 0.15) is 5.76 Å². The summed E-state index contributed by atoms with van der Waals surface area (Å²) in [4.78, 5) is 62.4. The lowest BCUT2D eigenvalue weighted by Gasteiger charge is -2.20. The van der Waals surface area contributed by atoms with Gasteiger partial charge >= 0.3 is 5.97 Å². The Bertz CT molecular complexity index is 1000. The summed E-state index contributed by atoms with van der Waals surface area (Å²) in [5.74, 6) is -1.69. The van der Waals surface area contributed by atoms with Crippen molar-refractivity contribution >= 4 is 35.3 Å². The monoisotopic (exact) mass is 441 g/mol. The minimum atomic E-state index is -0.705. The Morgan fingerprint density at radius 1 is 1.09 bits per heavy atom. The van der Waals surface area contributed by atoms with Gasteiger partial charge in [-0.1, -0.05) is 12.1 Å². The quantitative estimate of drug-likeness (QED) is 0.458. The van der Waals surface area contributed by atoms with Crippen molar-refractivity contribution in [2.24, 2.45) is 0 Å². The largest absolute Gasteiger partial charge is 0.467 e. The molecule has 168 valence electrons. The summed E-state index contributed by atoms with van der Waals surface area (Å²) in [5.41, 5.74) is 0.617. The smallest absolute Gasteiger partial charge is 0.308 e. The molecule has 1 N–H and O–H groups in total. The predicted octanol–water partition coefficient (Wildman–Crippen LogP) is 1.25. The van der Waals surface area contributed by atoms with Gasteiger partial charge in [-0.15, -0.1) is 0 Å². The average Bonchev–Trinajstić information content (AvgIpc) is 3.43. The molecule has 0 aliphatic carbocycles. The first-order valence-corrected chi connectivity index (χ1v) is 10.0. The topological polar surface area (TPSA) is 126 Å². The molecule has 1 aliphatic rings. The van der Waals surface area contributed by atoms with Crippen LogP contribution in [0.25, 0.3) is 0 Å². The summed E-state index contributed by atoms with van der Waals surface area (Å²) >= 11 is 0. The number of furan rings is 1. The van der Waals surface area contributed by atoms with Crippen molar-refractivity contribution in [1.82, 2.24) is 10.2 Å². The van der Waals surface area contributed by atoms with E-state index < -0.39 is 24.4 Å². The molecule has 0 unspecified atom stereocenters. The molecule has 0 spiro atoms. The van der Waals surface area contributed by atoms with E-state index in [9.17, 15) is 24.0 Å². The molecule has 0 atom stereocenters. The highest BCUT2D eigenvalue weighted by molar-refractivity contribution is 6.05. The van der Waals surface area contributed by atoms with Crippen LogP contribution in [-0.4, -0.2) is 54.7 Å². The van der Waals surface area contributed by atoms with Gasteiger partial charge < -0.3 is 19.4 Å². The fourth-order valence-corrected chi connectivity index (χ4v) is 3.15. The second kappa shape index (κ2) is 10.4. The summed E-state index contributed by atoms with van der Waals surface area (Å²) in [7, 11) is 1.47. The highest BCUT2D eigenvalue weighted by Crippen LogP contribution is 2.20. The van der Waals surface area contributed by atoms with E-state index in [1.165, 1.54) is 18.2 Å². The fraction of sp³-hybridized carbons (Fsp3) is 0.318. The van der Waals surface area contributed by atoms with Crippen molar-refractivity contribution in [3.63, 3.8) is 0 Å². The fourth-order valence-electron chi connectivity index (χ4n) is 3.15. The lowest BCUT2D eigenvalue weighted by molar-refractivity contribution is -0.149. The number of ether oxygens (including phenoxy) is 1. The molecule has 1 aromatic heterocycles. The third-order valence-electron chi connectivity index (χ3n) is 4.94. The third kappa shape index (κ3) is 5.60. The Kier molecular flexibility index (Phi) is 7.37. The number of imide groups is 1. The van der Waals surface area contributed by atoms with Crippen molar-refractivity contribution in [3.8, 4) is 0 Å². The predicted molar refractivity (Wildman–Crippen MR) is 111 cm³/mol. The molecule has 0 radical (unpaired) electrons. The Morgan fingerprint density at radius 3 is 2.50 bits per heavy atom. The van der Waals surface area contributed by atoms with Crippen LogP contribution in [0.4, 0.5) is 5.69 Å². The van der Waals surface area contributed by atoms with Gasteiger partial charge in [-0.25, -0.2) is 0 Å². The molecular formula is C22H23N3O7. The average molecular weight is 441 g/mol. The standard InChI is InChI=1S/C22H23N3O7/c1-24(20(28)14-32-21(29)10-11-25-18(26)8-9-19(25)27)17-7-3-2-6-16(17)22(30)23-13-15-5-4-12-31-15/h2-7,12H,8-11,13-14H2,1H3,(H,23,30). The van der Waals surface area contributed by atoms with Crippen LogP contribution >= 0.6 is 0 Å². The molecule has 1 aliphatic heterocycles. The molecule has 2 aromatic rings. The van der Waals surface area contributed by atoms with Crippen molar-refractivity contribution in [1.29, 1.82) is 0 Å². The van der Waals surface area contributed by atoms with Crippen LogP contribution in [0.15, 0.2) is 47.1 Å². The van der Waals surface area contributed by atoms with E-state index in [4.69, 9.17) is 9.15 Å². The number of nitrogens with one attached hydrogen (secondary N) is 1. The summed E-state index contributed by atoms with van der Waals surface area (Å²) in [5, 5.41) is 2.72. The number of likely N-dealkylation sites (N-methyl/N-ethyl adjacent to an activating group) is 1. The van der Waals surface area contributed by atoms with Crippen LogP contribution in [0, 0.1) is 0 Å². The summed E-state index contributed by atoms with van der Waals surface area (Å²) in [6.07, 6.45) is 1.60. The van der Waals surface area contributed by atoms with Gasteiger partial charge in [0.15, 0.2) is 6.61 Å². The van der Waals surface area contributed by atoms with Crippen molar-refractivity contribution < 1.29 is 33.1 Å². The second-order valence-electron chi connectivity index (χ2n) is 7.08. The van der Waals surface area contributed by atoms with Gasteiger partial charge in [0.25, 0.3) is 11.8 Å². The SMILES string of the molecule is CN(C(=O)COC(=O)CCN1C(=O)CCC1=O)c1ccccc1C(=O)NCc1ccco1. The molecule has 10 heteroatoms. The molecule has 0 saturated carbocycles. The van der Waals surface area contributed by atoms with Crippen LogP contribution in [0.3, 0.4) is 0 Å². The molecular weight excluding hydrogens is 418 g/mol. The second-order valence-corrected chi connectivity index (χ2v) is 7.08. The Balaban J connectivity index is 1.52. The number of nitrogens with zero attached hydrogens (tertiary/aromatic N) is 2. The highest BCUT2D eigenvalue weighted by atomic mass is 16.5. The van der Waals surface area contributed by atoms with Gasteiger partial charge in [-0.2, -0.15) is 0 Å². The van der Waals surface area contributed by atoms with Crippen LogP contribution in [0.5, 0.6) is 0 Å². The molecule has 3 rings (SSSR count). The van der Waals surface area contributed by atoms with E-state index in [2.05, 4.69) is 5.32 Å². The minimum absolute atomic E-state index is 0.0702. The number of anilines is 1. The lowest BCUT2D eigenvalue weighted by atomic mass is 10.1. The van der Waals surface area contributed by atoms with E-state index in [0.717, 1.165) is 4.90 Å². The Morgan fingerprint density at radius 2 is 1.81 bits per heavy atom. The normalized spacial score (nSPS) is 13.2. The van der Waals surface area contributed by atoms with Crippen LogP contribution < -0.4 is 10.2 Å². The summed E-state index contributed by atoms with van der Waals surface area (Å²) in [6, 6.07) is 9.97. The maximum Gasteiger partial charge on any atom is 0.308 e. The molecule has 1 saturated heterocycles. The molecule has 1 fully saturated rings. The van der Waals surface area contributed by atoms with Crippen LogP contribution in [0.2, 0.25) is 0 Å². The zero-order valence-electron chi connectivity index (χ0n) is 17.5. The van der Waals surface area contributed by atoms with Gasteiger partial charge in [-0.05, 0) is 24.3 Å². The molecule has 0 bridgehead atoms. The first-order chi connectivity index (χ1) is 15.4. The summed E-state index contributed by atoms with van der Waals surface area (Å²) < 4.78 is 10.2. The molecule has 32 heavy (non-hydrogen) atoms. The molecule has 2 heterocycles. The number of carbonyl (C=O) groups excluding carboxylic acids is 5. The van der Waals surface area contributed by atoms with Crippen LogP contribution in [-0.2, 0) is 30.5 Å². The van der Waals surface area contributed by atoms with Gasteiger partial charge in [0.2, 0.25) is 11.8 Å². The number of amides is 4. The highest BCUT2D eigenvalue weighted by Gasteiger charge is 2.29. The van der Waals surface area contributed by atoms with E-state index in [1.54, 1.807) is 36.4 Å². The van der Waals surface area contributed by atoms with Gasteiger partial charge in [0, 0.05) is 26.4 Å². The van der Waals surface area contributed by atoms with Gasteiger partial charge in [-0.3, -0.25) is 28.9 Å². The van der Waals surface area contributed by atoms with E-state index in [0.29, 0.717) is 11.4 Å². The van der Waals surface area contributed by atoms with Crippen molar-refractivity contribution in [3.05, 3.63) is 54.0 Å². The Hall–Kier alpha value is -3.95. The number of esters is 1. The zero-order chi connectivity index (χ0) is 23.1. The Labute approximate surface area is 184 Å². The maximum absolute atomic E-state index is 12.6. The number of para-hydroxylation sites is 1. The molecule has 4 amide bonds. The van der Waals surface area contributed by atoms with Crippen molar-refractivity contribution in [2.75, 3.05) is 25.1 Å². The van der Waals surface area contributed by atoms with E-state index in [1.807, 2.05) is 0 Å². The number of benzene rings is 1.